The van der Waals surface area contributed by atoms with E-state index < -0.39 is 23.8 Å². The van der Waals surface area contributed by atoms with Gasteiger partial charge in [-0.15, -0.1) is 0 Å². The summed E-state index contributed by atoms with van der Waals surface area (Å²) in [5.41, 5.74) is 2.41. The molecule has 1 aromatic carbocycles. The molecule has 28 heavy (non-hydrogen) atoms. The highest BCUT2D eigenvalue weighted by atomic mass is 16.6. The molecule has 0 radical (unpaired) electrons. The molecule has 1 aliphatic heterocycles. The molecule has 9 nitrogen and oxygen atoms in total. The standard InChI is InChI=1S/C19H26N4O5/c1-19(2,3)28-17(25)21-15-10-7-11-23(16(15)24)13-20-22-18(26)27-12-14-8-5-4-6-9-14/h4-6,8-9,13,15H,7,10-12H2,1-3H3,(H,21,25)(H,22,26)/t15-/m0/s1. The van der Waals surface area contributed by atoms with Crippen molar-refractivity contribution in [3.63, 3.8) is 0 Å². The average molecular weight is 390 g/mol. The Labute approximate surface area is 164 Å². The number of amides is 3. The maximum atomic E-state index is 12.4. The Morgan fingerprint density at radius 1 is 1.25 bits per heavy atom. The molecule has 1 fully saturated rings. The van der Waals surface area contributed by atoms with Crippen LogP contribution in [0.1, 0.15) is 39.2 Å². The van der Waals surface area contributed by atoms with Crippen molar-refractivity contribution in [2.75, 3.05) is 6.54 Å². The summed E-state index contributed by atoms with van der Waals surface area (Å²) in [7, 11) is 0. The van der Waals surface area contributed by atoms with Gasteiger partial charge in [0.2, 0.25) is 5.91 Å². The fourth-order valence-corrected chi connectivity index (χ4v) is 2.50. The average Bonchev–Trinajstić information content (AvgIpc) is 2.62. The first kappa shape index (κ1) is 21.2. The van der Waals surface area contributed by atoms with Crippen LogP contribution in [0.15, 0.2) is 35.4 Å². The second-order valence-corrected chi connectivity index (χ2v) is 7.29. The molecule has 9 heteroatoms. The molecule has 0 bridgehead atoms. The van der Waals surface area contributed by atoms with E-state index in [2.05, 4.69) is 15.8 Å². The summed E-state index contributed by atoms with van der Waals surface area (Å²) in [5, 5.41) is 6.31. The number of carbonyl (C=O) groups excluding carboxylic acids is 3. The van der Waals surface area contributed by atoms with Crippen LogP contribution in [0.2, 0.25) is 0 Å². The zero-order valence-electron chi connectivity index (χ0n) is 16.3. The van der Waals surface area contributed by atoms with Gasteiger partial charge in [0.25, 0.3) is 0 Å². The smallest absolute Gasteiger partial charge is 0.428 e. The van der Waals surface area contributed by atoms with Gasteiger partial charge in [-0.25, -0.2) is 15.0 Å². The fraction of sp³-hybridized carbons (Fsp3) is 0.474. The molecule has 2 N–H and O–H groups in total. The van der Waals surface area contributed by atoms with E-state index in [9.17, 15) is 14.4 Å². The lowest BCUT2D eigenvalue weighted by molar-refractivity contribution is -0.131. The number of piperidine rings is 1. The van der Waals surface area contributed by atoms with E-state index >= 15 is 0 Å². The third-order valence-electron chi connectivity index (χ3n) is 3.73. The number of nitrogens with zero attached hydrogens (tertiary/aromatic N) is 2. The highest BCUT2D eigenvalue weighted by Crippen LogP contribution is 2.12. The van der Waals surface area contributed by atoms with Crippen molar-refractivity contribution >= 4 is 24.4 Å². The van der Waals surface area contributed by atoms with Crippen LogP contribution in [0.4, 0.5) is 9.59 Å². The Balaban J connectivity index is 1.78. The topological polar surface area (TPSA) is 109 Å². The zero-order valence-corrected chi connectivity index (χ0v) is 16.3. The Hall–Kier alpha value is -3.10. The summed E-state index contributed by atoms with van der Waals surface area (Å²) >= 11 is 0. The number of hydrogen-bond acceptors (Lipinski definition) is 6. The Morgan fingerprint density at radius 2 is 1.96 bits per heavy atom. The van der Waals surface area contributed by atoms with Gasteiger partial charge in [-0.3, -0.25) is 9.69 Å². The van der Waals surface area contributed by atoms with E-state index in [0.29, 0.717) is 19.4 Å². The normalized spacial score (nSPS) is 17.3. The van der Waals surface area contributed by atoms with Crippen LogP contribution < -0.4 is 10.7 Å². The van der Waals surface area contributed by atoms with Crippen LogP contribution in [0, 0.1) is 0 Å². The molecule has 1 saturated heterocycles. The van der Waals surface area contributed by atoms with Gasteiger partial charge in [-0.1, -0.05) is 30.3 Å². The van der Waals surface area contributed by atoms with E-state index in [1.165, 1.54) is 11.2 Å². The summed E-state index contributed by atoms with van der Waals surface area (Å²) < 4.78 is 10.2. The van der Waals surface area contributed by atoms with Crippen molar-refractivity contribution in [3.05, 3.63) is 35.9 Å². The molecule has 2 rings (SSSR count). The van der Waals surface area contributed by atoms with E-state index in [4.69, 9.17) is 9.47 Å². The van der Waals surface area contributed by atoms with Gasteiger partial charge in [0.1, 0.15) is 24.6 Å². The Morgan fingerprint density at radius 3 is 2.64 bits per heavy atom. The van der Waals surface area contributed by atoms with Gasteiger partial charge in [-0.05, 0) is 39.2 Å². The first-order valence-corrected chi connectivity index (χ1v) is 9.04. The fourth-order valence-electron chi connectivity index (χ4n) is 2.50. The number of benzene rings is 1. The molecule has 152 valence electrons. The maximum absolute atomic E-state index is 12.4. The van der Waals surface area contributed by atoms with Crippen LogP contribution in [-0.2, 0) is 20.9 Å². The van der Waals surface area contributed by atoms with Gasteiger partial charge in [0.05, 0.1) is 0 Å². The minimum Gasteiger partial charge on any atom is -0.444 e. The quantitative estimate of drug-likeness (QED) is 0.456. The van der Waals surface area contributed by atoms with E-state index in [1.54, 1.807) is 20.8 Å². The van der Waals surface area contributed by atoms with Crippen LogP contribution in [0.3, 0.4) is 0 Å². The summed E-state index contributed by atoms with van der Waals surface area (Å²) in [5.74, 6) is -0.319. The summed E-state index contributed by atoms with van der Waals surface area (Å²) in [4.78, 5) is 37.3. The first-order chi connectivity index (χ1) is 13.2. The number of ether oxygens (including phenoxy) is 2. The molecule has 0 saturated carbocycles. The van der Waals surface area contributed by atoms with Crippen molar-refractivity contribution in [2.45, 2.75) is 51.9 Å². The molecular weight excluding hydrogens is 364 g/mol. The van der Waals surface area contributed by atoms with Crippen molar-refractivity contribution in [1.29, 1.82) is 0 Å². The van der Waals surface area contributed by atoms with E-state index in [-0.39, 0.29) is 12.5 Å². The monoisotopic (exact) mass is 390 g/mol. The minimum absolute atomic E-state index is 0.118. The maximum Gasteiger partial charge on any atom is 0.428 e. The number of alkyl carbamates (subject to hydrolysis) is 1. The molecular formula is C19H26N4O5. The molecule has 0 spiro atoms. The minimum atomic E-state index is -0.729. The Bertz CT molecular complexity index is 715. The molecule has 1 atom stereocenters. The van der Waals surface area contributed by atoms with Crippen LogP contribution >= 0.6 is 0 Å². The third-order valence-corrected chi connectivity index (χ3v) is 3.73. The number of hydrogen-bond donors (Lipinski definition) is 2. The molecule has 0 aromatic heterocycles. The van der Waals surface area contributed by atoms with Crippen LogP contribution in [0.25, 0.3) is 0 Å². The lowest BCUT2D eigenvalue weighted by Crippen LogP contribution is -2.52. The predicted molar refractivity (Wildman–Crippen MR) is 102 cm³/mol. The highest BCUT2D eigenvalue weighted by Gasteiger charge is 2.30. The Kier molecular flexibility index (Phi) is 7.36. The summed E-state index contributed by atoms with van der Waals surface area (Å²) in [6.07, 6.45) is 1.03. The second kappa shape index (κ2) is 9.72. The molecule has 1 aliphatic rings. The van der Waals surface area contributed by atoms with Gasteiger partial charge in [-0.2, -0.15) is 5.10 Å². The first-order valence-electron chi connectivity index (χ1n) is 9.04. The van der Waals surface area contributed by atoms with Gasteiger partial charge < -0.3 is 14.8 Å². The van der Waals surface area contributed by atoms with Crippen molar-refractivity contribution in [2.24, 2.45) is 5.10 Å². The third kappa shape index (κ3) is 7.26. The van der Waals surface area contributed by atoms with Crippen molar-refractivity contribution in [1.82, 2.24) is 15.6 Å². The molecule has 0 aliphatic carbocycles. The lowest BCUT2D eigenvalue weighted by Gasteiger charge is -2.30. The second-order valence-electron chi connectivity index (χ2n) is 7.29. The number of rotatable bonds is 5. The summed E-state index contributed by atoms with van der Waals surface area (Å²) in [6, 6.07) is 8.53. The zero-order chi connectivity index (χ0) is 20.6. The number of likely N-dealkylation sites (tertiary alicyclic amines) is 1. The number of hydrazone groups is 1. The van der Waals surface area contributed by atoms with Gasteiger partial charge in [0, 0.05) is 6.54 Å². The molecule has 0 unspecified atom stereocenters. The summed E-state index contributed by atoms with van der Waals surface area (Å²) in [6.45, 7) is 5.80. The van der Waals surface area contributed by atoms with E-state index in [1.807, 2.05) is 30.3 Å². The number of nitrogens with one attached hydrogen (secondary N) is 2. The van der Waals surface area contributed by atoms with Gasteiger partial charge >= 0.3 is 12.2 Å². The predicted octanol–water partition coefficient (Wildman–Crippen LogP) is 2.37. The lowest BCUT2D eigenvalue weighted by atomic mass is 10.1. The SMILES string of the molecule is CC(C)(C)OC(=O)N[C@H]1CCCN(C=NNC(=O)OCc2ccccc2)C1=O. The van der Waals surface area contributed by atoms with Crippen molar-refractivity contribution < 1.29 is 23.9 Å². The van der Waals surface area contributed by atoms with E-state index in [0.717, 1.165) is 5.56 Å². The molecule has 3 amide bonds. The largest absolute Gasteiger partial charge is 0.444 e. The number of carbonyl (C=O) groups is 3. The van der Waals surface area contributed by atoms with Gasteiger partial charge in [0.15, 0.2) is 0 Å². The van der Waals surface area contributed by atoms with Crippen molar-refractivity contribution in [3.8, 4) is 0 Å². The molecule has 1 heterocycles. The van der Waals surface area contributed by atoms with Crippen LogP contribution in [-0.4, -0.2) is 47.5 Å². The highest BCUT2D eigenvalue weighted by molar-refractivity contribution is 5.94. The van der Waals surface area contributed by atoms with Crippen LogP contribution in [0.5, 0.6) is 0 Å². The molecule has 1 aromatic rings.